The number of nitrogens with one attached hydrogen (secondary N) is 2. The molecule has 3 fully saturated rings. The van der Waals surface area contributed by atoms with Crippen LogP contribution in [0.25, 0.3) is 10.6 Å². The first-order chi connectivity index (χ1) is 28.7. The number of hydrogen-bond acceptors (Lipinski definition) is 2. The maximum Gasteiger partial charge on any atom is 2.00 e. The van der Waals surface area contributed by atoms with E-state index in [2.05, 4.69) is 167 Å². The van der Waals surface area contributed by atoms with Crippen LogP contribution in [0.4, 0.5) is 0 Å². The van der Waals surface area contributed by atoms with E-state index in [9.17, 15) is 0 Å². The number of benzene rings is 4. The number of rotatable bonds is 4. The molecule has 4 aromatic carbocycles. The van der Waals surface area contributed by atoms with Crippen molar-refractivity contribution >= 4 is 0 Å². The smallest absolute Gasteiger partial charge is 0.656 e. The van der Waals surface area contributed by atoms with Gasteiger partial charge in [-0.2, -0.15) is 0 Å². The average Bonchev–Trinajstić information content (AvgIpc) is 3.99. The van der Waals surface area contributed by atoms with Gasteiger partial charge in [-0.25, -0.2) is 0 Å². The Morgan fingerprint density at radius 2 is 0.508 bits per heavy atom. The van der Waals surface area contributed by atoms with Gasteiger partial charge < -0.3 is 21.3 Å². The van der Waals surface area contributed by atoms with E-state index in [1.807, 2.05) is 0 Å². The largest absolute Gasteiger partial charge is 2.00 e. The first kappa shape index (κ1) is 44.4. The van der Waals surface area contributed by atoms with Gasteiger partial charge in [0.05, 0.1) is 0 Å². The molecule has 5 aliphatic rings. The van der Waals surface area contributed by atoms with Gasteiger partial charge in [0, 0.05) is 24.2 Å². The van der Waals surface area contributed by atoms with Gasteiger partial charge in [-0.1, -0.05) is 121 Å². The van der Waals surface area contributed by atoms with Crippen LogP contribution < -0.4 is 10.6 Å². The SMILES string of the molecule is Cc1cc(C)c(C2C3CCC([N-]3)C(c3c(C)cc(C)cc3C)C3C=CC(N3)C(c3c(C)cc(C)cc3C)C3CCC([N-]3)C(c3c(C)cc(C)cc3C)C3C=CC2N3)c(C)c1.[Zn+2]. The molecule has 0 saturated carbocycles. The molecule has 2 N–H and O–H groups in total. The summed E-state index contributed by atoms with van der Waals surface area (Å²) in [5.41, 5.74) is 22.5. The fourth-order valence-electron chi connectivity index (χ4n) is 13.9. The summed E-state index contributed by atoms with van der Waals surface area (Å²) >= 11 is 0. The van der Waals surface area contributed by atoms with E-state index >= 15 is 0 Å². The van der Waals surface area contributed by atoms with Gasteiger partial charge in [0.1, 0.15) is 0 Å². The van der Waals surface area contributed by atoms with Crippen LogP contribution in [0.5, 0.6) is 0 Å². The molecule has 8 bridgehead atoms. The molecular weight excluding hydrogens is 794 g/mol. The standard InChI is InChI=1S/C56H70N4.Zn/c1-29-21-33(5)49(34(6)22-29)53-41-13-15-43(57-41)54(50-35(7)23-30(2)24-36(50)8)45-17-19-47(59-45)56(52-39(11)27-32(4)28-40(52)12)48-20-18-46(60-48)55(44-16-14-42(53)58-44)51-37(9)25-31(3)26-38(51)10;/h13,15,18,20-28,41-48,53-57,60H,14,16-17,19H2,1-12H3;/q-2;+2. The summed E-state index contributed by atoms with van der Waals surface area (Å²) in [6, 6.07) is 20.9. The summed E-state index contributed by atoms with van der Waals surface area (Å²) in [5, 5.41) is 20.9. The number of aryl methyl sites for hydroxylation is 12. The second kappa shape index (κ2) is 17.4. The number of hydrogen-bond donors (Lipinski definition) is 2. The minimum atomic E-state index is 0. The summed E-state index contributed by atoms with van der Waals surface area (Å²) < 4.78 is 0. The van der Waals surface area contributed by atoms with Gasteiger partial charge in [0.25, 0.3) is 0 Å². The first-order valence-electron chi connectivity index (χ1n) is 23.3. The Hall–Kier alpha value is -3.18. The van der Waals surface area contributed by atoms with Crippen molar-refractivity contribution < 1.29 is 19.5 Å². The van der Waals surface area contributed by atoms with Crippen molar-refractivity contribution in [1.29, 1.82) is 0 Å². The Balaban J connectivity index is 0.00000514. The predicted octanol–water partition coefficient (Wildman–Crippen LogP) is 12.4. The number of fused-ring (bicyclic) bond motifs is 8. The molecule has 4 aromatic rings. The number of nitrogens with zero attached hydrogens (tertiary/aromatic N) is 2. The Bertz CT molecular complexity index is 1960. The molecule has 61 heavy (non-hydrogen) atoms. The second-order valence-corrected chi connectivity index (χ2v) is 20.3. The molecule has 0 spiro atoms. The van der Waals surface area contributed by atoms with Gasteiger partial charge in [-0.3, -0.25) is 0 Å². The molecule has 5 heteroatoms. The Morgan fingerprint density at radius 3 is 0.689 bits per heavy atom. The van der Waals surface area contributed by atoms with Crippen LogP contribution in [-0.4, -0.2) is 48.3 Å². The fraction of sp³-hybridized carbons (Fsp3) is 0.500. The molecule has 9 rings (SSSR count). The van der Waals surface area contributed by atoms with Gasteiger partial charge in [-0.15, -0.1) is 24.2 Å². The molecule has 0 amide bonds. The van der Waals surface area contributed by atoms with Crippen LogP contribution >= 0.6 is 0 Å². The second-order valence-electron chi connectivity index (χ2n) is 20.3. The quantitative estimate of drug-likeness (QED) is 0.159. The van der Waals surface area contributed by atoms with E-state index in [4.69, 9.17) is 10.6 Å². The van der Waals surface area contributed by atoms with E-state index in [0.29, 0.717) is 0 Å². The molecule has 316 valence electrons. The van der Waals surface area contributed by atoms with Gasteiger partial charge in [0.15, 0.2) is 0 Å². The first-order valence-corrected chi connectivity index (χ1v) is 23.3. The zero-order chi connectivity index (χ0) is 42.3. The van der Waals surface area contributed by atoms with Crippen molar-refractivity contribution in [2.75, 3.05) is 0 Å². The minimum absolute atomic E-state index is 0. The van der Waals surface area contributed by atoms with E-state index in [0.717, 1.165) is 25.7 Å². The maximum absolute atomic E-state index is 6.08. The summed E-state index contributed by atoms with van der Waals surface area (Å²) in [7, 11) is 0. The van der Waals surface area contributed by atoms with Crippen molar-refractivity contribution in [2.45, 2.75) is 181 Å². The van der Waals surface area contributed by atoms with Crippen molar-refractivity contribution in [3.8, 4) is 0 Å². The van der Waals surface area contributed by atoms with Crippen LogP contribution in [0.2, 0.25) is 0 Å². The predicted molar refractivity (Wildman–Crippen MR) is 254 cm³/mol. The van der Waals surface area contributed by atoms with Crippen molar-refractivity contribution in [3.05, 3.63) is 172 Å². The van der Waals surface area contributed by atoms with Gasteiger partial charge >= 0.3 is 19.5 Å². The average molecular weight is 865 g/mol. The summed E-state index contributed by atoms with van der Waals surface area (Å²) in [6.45, 7) is 27.8. The van der Waals surface area contributed by atoms with Gasteiger partial charge in [0.2, 0.25) is 0 Å². The summed E-state index contributed by atoms with van der Waals surface area (Å²) in [5.74, 6) is 0.987. The molecule has 0 radical (unpaired) electrons. The van der Waals surface area contributed by atoms with Crippen LogP contribution in [0.15, 0.2) is 72.8 Å². The molecule has 0 aliphatic carbocycles. The van der Waals surface area contributed by atoms with Crippen molar-refractivity contribution in [1.82, 2.24) is 10.6 Å². The van der Waals surface area contributed by atoms with Crippen LogP contribution in [-0.2, 0) is 19.5 Å². The van der Waals surface area contributed by atoms with Crippen LogP contribution in [0.1, 0.15) is 138 Å². The molecule has 12 unspecified atom stereocenters. The monoisotopic (exact) mass is 862 g/mol. The minimum Gasteiger partial charge on any atom is -0.656 e. The zero-order valence-electron chi connectivity index (χ0n) is 39.3. The Morgan fingerprint density at radius 1 is 0.328 bits per heavy atom. The molecule has 5 heterocycles. The van der Waals surface area contributed by atoms with Crippen molar-refractivity contribution in [2.24, 2.45) is 0 Å². The topological polar surface area (TPSA) is 52.3 Å². The molecular formula is C56H70N4Zn. The Kier molecular flexibility index (Phi) is 12.7. The normalized spacial score (nSPS) is 31.8. The maximum atomic E-state index is 6.08. The van der Waals surface area contributed by atoms with Crippen molar-refractivity contribution in [3.63, 3.8) is 0 Å². The van der Waals surface area contributed by atoms with E-state index in [1.54, 1.807) is 0 Å². The Labute approximate surface area is 381 Å². The summed E-state index contributed by atoms with van der Waals surface area (Å²) in [6.07, 6.45) is 14.6. The molecule has 4 nitrogen and oxygen atoms in total. The van der Waals surface area contributed by atoms with Crippen LogP contribution in [0.3, 0.4) is 0 Å². The third-order valence-corrected chi connectivity index (χ3v) is 15.6. The van der Waals surface area contributed by atoms with E-state index in [1.165, 1.54) is 89.0 Å². The summed E-state index contributed by atoms with van der Waals surface area (Å²) in [4.78, 5) is 0. The van der Waals surface area contributed by atoms with Gasteiger partial charge in [-0.05, 0) is 174 Å². The molecule has 3 saturated heterocycles. The third kappa shape index (κ3) is 8.14. The molecule has 5 aliphatic heterocycles. The van der Waals surface area contributed by atoms with E-state index < -0.39 is 0 Å². The third-order valence-electron chi connectivity index (χ3n) is 15.6. The fourth-order valence-corrected chi connectivity index (χ4v) is 13.9. The molecule has 0 aromatic heterocycles. The zero-order valence-corrected chi connectivity index (χ0v) is 42.3. The molecule has 12 atom stereocenters. The van der Waals surface area contributed by atoms with E-state index in [-0.39, 0.29) is 91.5 Å². The van der Waals surface area contributed by atoms with Crippen LogP contribution in [0, 0.1) is 83.1 Å².